The van der Waals surface area contributed by atoms with Crippen LogP contribution >= 0.6 is 11.6 Å². The van der Waals surface area contributed by atoms with Gasteiger partial charge in [0.1, 0.15) is 5.38 Å². The van der Waals surface area contributed by atoms with Crippen molar-refractivity contribution in [2.75, 3.05) is 18.1 Å². The zero-order chi connectivity index (χ0) is 11.7. The second kappa shape index (κ2) is 4.44. The van der Waals surface area contributed by atoms with E-state index in [1.165, 1.54) is 0 Å². The molecule has 1 aromatic rings. The highest BCUT2D eigenvalue weighted by Gasteiger charge is 2.39. The average molecular weight is 240 g/mol. The summed E-state index contributed by atoms with van der Waals surface area (Å²) in [6.07, 6.45) is 0. The minimum Gasteiger partial charge on any atom is -0.396 e. The van der Waals surface area contributed by atoms with Crippen molar-refractivity contribution in [1.29, 1.82) is 0 Å². The van der Waals surface area contributed by atoms with Crippen molar-refractivity contribution >= 4 is 23.2 Å². The van der Waals surface area contributed by atoms with Crippen LogP contribution in [0.1, 0.15) is 5.56 Å². The maximum absolute atomic E-state index is 11.9. The van der Waals surface area contributed by atoms with Gasteiger partial charge in [-0.15, -0.1) is 11.6 Å². The van der Waals surface area contributed by atoms with Crippen LogP contribution in [-0.4, -0.2) is 29.5 Å². The van der Waals surface area contributed by atoms with Crippen molar-refractivity contribution in [2.24, 2.45) is 5.92 Å². The van der Waals surface area contributed by atoms with Gasteiger partial charge in [0, 0.05) is 24.8 Å². The van der Waals surface area contributed by atoms with Gasteiger partial charge in [-0.05, 0) is 18.6 Å². The number of hydrogen-bond donors (Lipinski definition) is 1. The average Bonchev–Trinajstić information content (AvgIpc) is 2.57. The Hall–Kier alpha value is -1.06. The van der Waals surface area contributed by atoms with E-state index in [0.29, 0.717) is 6.54 Å². The predicted molar refractivity (Wildman–Crippen MR) is 63.7 cm³/mol. The number of nitrogens with zero attached hydrogens (tertiary/aromatic N) is 1. The lowest BCUT2D eigenvalue weighted by molar-refractivity contribution is -0.117. The molecular formula is C12H14ClNO2. The van der Waals surface area contributed by atoms with Crippen molar-refractivity contribution in [3.8, 4) is 0 Å². The van der Waals surface area contributed by atoms with Gasteiger partial charge in [-0.1, -0.05) is 18.2 Å². The van der Waals surface area contributed by atoms with E-state index in [2.05, 4.69) is 0 Å². The van der Waals surface area contributed by atoms with E-state index in [-0.39, 0.29) is 18.4 Å². The lowest BCUT2D eigenvalue weighted by Crippen LogP contribution is -2.27. The minimum absolute atomic E-state index is 0.0533. The number of alkyl halides is 1. The first-order valence-electron chi connectivity index (χ1n) is 5.27. The van der Waals surface area contributed by atoms with Crippen molar-refractivity contribution in [3.05, 3.63) is 29.8 Å². The zero-order valence-electron chi connectivity index (χ0n) is 9.06. The van der Waals surface area contributed by atoms with Gasteiger partial charge in [0.15, 0.2) is 0 Å². The van der Waals surface area contributed by atoms with Crippen molar-refractivity contribution < 1.29 is 9.90 Å². The van der Waals surface area contributed by atoms with Gasteiger partial charge in [-0.2, -0.15) is 0 Å². The van der Waals surface area contributed by atoms with Gasteiger partial charge in [0.05, 0.1) is 0 Å². The maximum atomic E-state index is 11.9. The van der Waals surface area contributed by atoms with Gasteiger partial charge in [0.2, 0.25) is 5.91 Å². The van der Waals surface area contributed by atoms with E-state index in [9.17, 15) is 4.79 Å². The summed E-state index contributed by atoms with van der Waals surface area (Å²) in [6, 6.07) is 7.68. The summed E-state index contributed by atoms with van der Waals surface area (Å²) in [4.78, 5) is 13.6. The smallest absolute Gasteiger partial charge is 0.245 e. The van der Waals surface area contributed by atoms with Crippen LogP contribution in [0.5, 0.6) is 0 Å². The Morgan fingerprint density at radius 3 is 2.75 bits per heavy atom. The van der Waals surface area contributed by atoms with Crippen molar-refractivity contribution in [2.45, 2.75) is 12.3 Å². The van der Waals surface area contributed by atoms with E-state index < -0.39 is 5.38 Å². The molecule has 0 bridgehead atoms. The van der Waals surface area contributed by atoms with Crippen LogP contribution in [-0.2, 0) is 4.79 Å². The van der Waals surface area contributed by atoms with Crippen LogP contribution in [0.4, 0.5) is 5.69 Å². The first kappa shape index (κ1) is 11.4. The van der Waals surface area contributed by atoms with Gasteiger partial charge < -0.3 is 10.0 Å². The molecule has 0 saturated carbocycles. The second-order valence-corrected chi connectivity index (χ2v) is 4.55. The second-order valence-electron chi connectivity index (χ2n) is 4.08. The topological polar surface area (TPSA) is 40.5 Å². The molecule has 1 saturated heterocycles. The highest BCUT2D eigenvalue weighted by atomic mass is 35.5. The fraction of sp³-hybridized carbons (Fsp3) is 0.417. The summed E-state index contributed by atoms with van der Waals surface area (Å²) >= 11 is 5.97. The normalized spacial score (nSPS) is 25.2. The Morgan fingerprint density at radius 1 is 1.50 bits per heavy atom. The Morgan fingerprint density at radius 2 is 2.19 bits per heavy atom. The fourth-order valence-electron chi connectivity index (χ4n) is 2.00. The Balaban J connectivity index is 2.30. The molecule has 2 rings (SSSR count). The molecule has 86 valence electrons. The molecule has 0 radical (unpaired) electrons. The molecule has 1 fully saturated rings. The number of aliphatic hydroxyl groups excluding tert-OH is 1. The van der Waals surface area contributed by atoms with Crippen LogP contribution in [0.15, 0.2) is 24.3 Å². The minimum atomic E-state index is -0.607. The first-order chi connectivity index (χ1) is 7.65. The number of halogens is 1. The lowest BCUT2D eigenvalue weighted by atomic mass is 10.1. The zero-order valence-corrected chi connectivity index (χ0v) is 9.81. The van der Waals surface area contributed by atoms with Gasteiger partial charge in [-0.3, -0.25) is 4.79 Å². The fourth-order valence-corrected chi connectivity index (χ4v) is 2.28. The third-order valence-corrected chi connectivity index (χ3v) is 3.52. The molecule has 0 spiro atoms. The van der Waals surface area contributed by atoms with Crippen molar-refractivity contribution in [3.63, 3.8) is 0 Å². The molecule has 2 atom stereocenters. The van der Waals surface area contributed by atoms with Crippen molar-refractivity contribution in [1.82, 2.24) is 0 Å². The molecule has 0 aromatic heterocycles. The molecule has 4 heteroatoms. The quantitative estimate of drug-likeness (QED) is 0.796. The van der Waals surface area contributed by atoms with E-state index in [1.807, 2.05) is 31.2 Å². The van der Waals surface area contributed by atoms with E-state index in [1.54, 1.807) is 4.90 Å². The molecule has 1 aliphatic heterocycles. The van der Waals surface area contributed by atoms with E-state index in [0.717, 1.165) is 11.3 Å². The third-order valence-electron chi connectivity index (χ3n) is 2.97. The monoisotopic (exact) mass is 239 g/mol. The standard InChI is InChI=1S/C12H14ClNO2/c1-8-4-2-3-5-10(8)14-6-9(7-15)11(13)12(14)16/h2-5,9,11,15H,6-7H2,1H3/t9-,11-/m0/s1. The van der Waals surface area contributed by atoms with Crippen LogP contribution in [0, 0.1) is 12.8 Å². The number of amides is 1. The van der Waals surface area contributed by atoms with Crippen LogP contribution in [0.3, 0.4) is 0 Å². The number of hydrogen-bond acceptors (Lipinski definition) is 2. The van der Waals surface area contributed by atoms with Gasteiger partial charge in [-0.25, -0.2) is 0 Å². The van der Waals surface area contributed by atoms with E-state index in [4.69, 9.17) is 16.7 Å². The maximum Gasteiger partial charge on any atom is 0.245 e. The third kappa shape index (κ3) is 1.81. The molecule has 0 aliphatic carbocycles. The SMILES string of the molecule is Cc1ccccc1N1C[C@@H](CO)[C@H](Cl)C1=O. The summed E-state index contributed by atoms with van der Waals surface area (Å²) in [5, 5.41) is 8.52. The summed E-state index contributed by atoms with van der Waals surface area (Å²) in [5.41, 5.74) is 1.92. The molecular weight excluding hydrogens is 226 g/mol. The van der Waals surface area contributed by atoms with Gasteiger partial charge >= 0.3 is 0 Å². The summed E-state index contributed by atoms with van der Waals surface area (Å²) in [6.45, 7) is 2.40. The number of para-hydroxylation sites is 1. The van der Waals surface area contributed by atoms with E-state index >= 15 is 0 Å². The number of carbonyl (C=O) groups is 1. The summed E-state index contributed by atoms with van der Waals surface area (Å²) in [7, 11) is 0. The number of rotatable bonds is 2. The molecule has 1 heterocycles. The number of anilines is 1. The molecule has 16 heavy (non-hydrogen) atoms. The predicted octanol–water partition coefficient (Wildman–Crippen LogP) is 1.56. The molecule has 0 unspecified atom stereocenters. The Labute approximate surface area is 99.6 Å². The Bertz CT molecular complexity index is 408. The molecule has 1 aromatic carbocycles. The number of aliphatic hydroxyl groups is 1. The number of aryl methyl sites for hydroxylation is 1. The van der Waals surface area contributed by atoms with Gasteiger partial charge in [0.25, 0.3) is 0 Å². The molecule has 3 nitrogen and oxygen atoms in total. The number of benzene rings is 1. The highest BCUT2D eigenvalue weighted by molar-refractivity contribution is 6.34. The van der Waals surface area contributed by atoms with Crippen LogP contribution in [0.2, 0.25) is 0 Å². The molecule has 1 aliphatic rings. The van der Waals surface area contributed by atoms with Crippen LogP contribution in [0.25, 0.3) is 0 Å². The number of carbonyl (C=O) groups excluding carboxylic acids is 1. The largest absolute Gasteiger partial charge is 0.396 e. The summed E-state index contributed by atoms with van der Waals surface area (Å²) in [5.74, 6) is -0.288. The molecule has 1 amide bonds. The highest BCUT2D eigenvalue weighted by Crippen LogP contribution is 2.30. The molecule has 1 N–H and O–H groups in total. The van der Waals surface area contributed by atoms with Crippen LogP contribution < -0.4 is 4.90 Å². The first-order valence-corrected chi connectivity index (χ1v) is 5.70. The summed E-state index contributed by atoms with van der Waals surface area (Å²) < 4.78 is 0. The Kier molecular flexibility index (Phi) is 3.17. The lowest BCUT2D eigenvalue weighted by Gasteiger charge is -2.18.